The number of piperidine rings is 1. The Morgan fingerprint density at radius 2 is 1.54 bits per heavy atom. The second kappa shape index (κ2) is 13.9. The molecule has 1 amide bonds. The summed E-state index contributed by atoms with van der Waals surface area (Å²) in [5.74, 6) is 1.11. The highest BCUT2D eigenvalue weighted by Gasteiger charge is 2.31. The molecule has 3 heterocycles. The average Bonchev–Trinajstić information content (AvgIpc) is 3.41. The van der Waals surface area contributed by atoms with Gasteiger partial charge in [-0.15, -0.1) is 0 Å². The molecule has 0 N–H and O–H groups in total. The Hall–Kier alpha value is -2.78. The van der Waals surface area contributed by atoms with E-state index in [1.807, 2.05) is 15.9 Å². The molecule has 2 fully saturated rings. The fourth-order valence-corrected chi connectivity index (χ4v) is 6.17. The van der Waals surface area contributed by atoms with E-state index >= 15 is 0 Å². The molecule has 2 aromatic carbocycles. The monoisotopic (exact) mass is 572 g/mol. The van der Waals surface area contributed by atoms with Gasteiger partial charge in [0.15, 0.2) is 0 Å². The van der Waals surface area contributed by atoms with Crippen molar-refractivity contribution in [3.8, 4) is 5.75 Å². The first-order valence-corrected chi connectivity index (χ1v) is 15.2. The number of carbonyl (C=O) groups excluding carboxylic acids is 1. The molecule has 3 aliphatic rings. The number of benzene rings is 2. The van der Waals surface area contributed by atoms with E-state index in [4.69, 9.17) is 4.74 Å². The molecule has 0 spiro atoms. The number of rotatable bonds is 11. The molecule has 2 aromatic rings. The van der Waals surface area contributed by atoms with Crippen molar-refractivity contribution in [1.82, 2.24) is 14.7 Å². The van der Waals surface area contributed by atoms with Gasteiger partial charge in [0.25, 0.3) is 0 Å². The highest BCUT2D eigenvalue weighted by atomic mass is 19.4. The number of anilines is 1. The zero-order chi connectivity index (χ0) is 28.7. The summed E-state index contributed by atoms with van der Waals surface area (Å²) in [5.41, 5.74) is 2.45. The van der Waals surface area contributed by atoms with Crippen molar-refractivity contribution in [3.05, 3.63) is 59.2 Å². The van der Waals surface area contributed by atoms with Crippen LogP contribution in [0.1, 0.15) is 61.6 Å². The van der Waals surface area contributed by atoms with Gasteiger partial charge >= 0.3 is 6.18 Å². The summed E-state index contributed by atoms with van der Waals surface area (Å²) >= 11 is 0. The van der Waals surface area contributed by atoms with E-state index in [1.165, 1.54) is 55.6 Å². The van der Waals surface area contributed by atoms with Crippen LogP contribution in [0.3, 0.4) is 0 Å². The van der Waals surface area contributed by atoms with Crippen LogP contribution in [-0.4, -0.2) is 79.6 Å². The van der Waals surface area contributed by atoms with Crippen molar-refractivity contribution < 1.29 is 22.7 Å². The summed E-state index contributed by atoms with van der Waals surface area (Å²) in [6, 6.07) is 11.8. The van der Waals surface area contributed by atoms with Gasteiger partial charge in [-0.3, -0.25) is 14.6 Å². The Morgan fingerprint density at radius 3 is 2.32 bits per heavy atom. The highest BCUT2D eigenvalue weighted by Crippen LogP contribution is 2.32. The molecule has 9 heteroatoms. The number of carbonyl (C=O) groups is 1. The molecule has 0 atom stereocenters. The van der Waals surface area contributed by atoms with Crippen LogP contribution < -0.4 is 9.64 Å². The van der Waals surface area contributed by atoms with Crippen molar-refractivity contribution in [1.29, 1.82) is 0 Å². The van der Waals surface area contributed by atoms with Gasteiger partial charge in [0.05, 0.1) is 5.56 Å². The number of alkyl halides is 3. The number of unbranched alkanes of at least 4 members (excludes halogenated alkanes) is 2. The Labute approximate surface area is 242 Å². The molecule has 0 aromatic heterocycles. The van der Waals surface area contributed by atoms with Crippen molar-refractivity contribution in [3.63, 3.8) is 0 Å². The third-order valence-electron chi connectivity index (χ3n) is 8.65. The standard InChI is InChI=1S/C32H43F3N4O2/c33-32(34,35)28-8-7-9-29(23-28)38-18-16-37(17-19-38)15-4-1-3-10-31(40)39-24-26-11-12-30(22-27(26)25-39)41-21-20-36-13-5-2-6-14-36/h7-9,11-12,22-23H,1-6,10,13-21,24-25H2. The predicted molar refractivity (Wildman–Crippen MR) is 155 cm³/mol. The maximum Gasteiger partial charge on any atom is 0.416 e. The highest BCUT2D eigenvalue weighted by molar-refractivity contribution is 5.77. The summed E-state index contributed by atoms with van der Waals surface area (Å²) in [6.07, 6.45) is 3.06. The Morgan fingerprint density at radius 1 is 0.780 bits per heavy atom. The lowest BCUT2D eigenvalue weighted by Crippen LogP contribution is -2.46. The van der Waals surface area contributed by atoms with Crippen LogP contribution in [0.5, 0.6) is 5.75 Å². The minimum atomic E-state index is -4.32. The van der Waals surface area contributed by atoms with E-state index in [0.29, 0.717) is 31.8 Å². The Balaban J connectivity index is 0.952. The van der Waals surface area contributed by atoms with Gasteiger partial charge in [-0.1, -0.05) is 25.0 Å². The number of piperazine rings is 1. The normalized spacial score (nSPS) is 18.5. The fourth-order valence-electron chi connectivity index (χ4n) is 6.17. The topological polar surface area (TPSA) is 39.3 Å². The van der Waals surface area contributed by atoms with Gasteiger partial charge in [-0.25, -0.2) is 0 Å². The first kappa shape index (κ1) is 29.7. The third-order valence-corrected chi connectivity index (χ3v) is 8.65. The van der Waals surface area contributed by atoms with Crippen LogP contribution in [0, 0.1) is 0 Å². The molecular weight excluding hydrogens is 529 g/mol. The largest absolute Gasteiger partial charge is 0.492 e. The van der Waals surface area contributed by atoms with Gasteiger partial charge < -0.3 is 14.5 Å². The second-order valence-electron chi connectivity index (χ2n) is 11.6. The molecular formula is C32H43F3N4O2. The lowest BCUT2D eigenvalue weighted by molar-refractivity contribution is -0.137. The van der Waals surface area contributed by atoms with E-state index in [1.54, 1.807) is 6.07 Å². The average molecular weight is 573 g/mol. The number of likely N-dealkylation sites (tertiary alicyclic amines) is 1. The number of hydrogen-bond donors (Lipinski definition) is 0. The van der Waals surface area contributed by atoms with E-state index in [2.05, 4.69) is 21.9 Å². The number of hydrogen-bond acceptors (Lipinski definition) is 5. The smallest absolute Gasteiger partial charge is 0.416 e. The number of ether oxygens (including phenoxy) is 1. The van der Waals surface area contributed by atoms with Gasteiger partial charge in [-0.05, 0) is 86.8 Å². The Kier molecular flexibility index (Phi) is 10.1. The van der Waals surface area contributed by atoms with E-state index in [9.17, 15) is 18.0 Å². The van der Waals surface area contributed by atoms with Crippen LogP contribution in [0.4, 0.5) is 18.9 Å². The summed E-state index contributed by atoms with van der Waals surface area (Å²) in [4.78, 5) is 21.7. The predicted octanol–water partition coefficient (Wildman–Crippen LogP) is 5.79. The van der Waals surface area contributed by atoms with Crippen molar-refractivity contribution in [2.24, 2.45) is 0 Å². The molecule has 2 saturated heterocycles. The summed E-state index contributed by atoms with van der Waals surface area (Å²) in [7, 11) is 0. The number of halogens is 3. The van der Waals surface area contributed by atoms with Crippen molar-refractivity contribution >= 4 is 11.6 Å². The van der Waals surface area contributed by atoms with Crippen molar-refractivity contribution in [2.45, 2.75) is 64.2 Å². The number of nitrogens with zero attached hydrogens (tertiary/aromatic N) is 4. The molecule has 5 rings (SSSR count). The molecule has 41 heavy (non-hydrogen) atoms. The molecule has 224 valence electrons. The Bertz CT molecular complexity index is 1140. The quantitative estimate of drug-likeness (QED) is 0.319. The van der Waals surface area contributed by atoms with Gasteiger partial charge in [0.2, 0.25) is 5.91 Å². The van der Waals surface area contributed by atoms with Crippen LogP contribution >= 0.6 is 0 Å². The maximum atomic E-state index is 13.0. The van der Waals surface area contributed by atoms with E-state index < -0.39 is 11.7 Å². The van der Waals surface area contributed by atoms with Gasteiger partial charge in [-0.2, -0.15) is 13.2 Å². The zero-order valence-electron chi connectivity index (χ0n) is 24.0. The maximum absolute atomic E-state index is 13.0. The molecule has 0 saturated carbocycles. The molecule has 0 unspecified atom stereocenters. The lowest BCUT2D eigenvalue weighted by atomic mass is 10.1. The first-order valence-electron chi connectivity index (χ1n) is 15.2. The third kappa shape index (κ3) is 8.38. The van der Waals surface area contributed by atoms with E-state index in [0.717, 1.165) is 70.3 Å². The zero-order valence-corrected chi connectivity index (χ0v) is 24.0. The molecule has 0 radical (unpaired) electrons. The van der Waals surface area contributed by atoms with Crippen LogP contribution in [0.2, 0.25) is 0 Å². The summed E-state index contributed by atoms with van der Waals surface area (Å²) < 4.78 is 45.2. The fraction of sp³-hybridized carbons (Fsp3) is 0.594. The summed E-state index contributed by atoms with van der Waals surface area (Å²) in [5, 5.41) is 0. The lowest BCUT2D eigenvalue weighted by Gasteiger charge is -2.36. The molecule has 3 aliphatic heterocycles. The SMILES string of the molecule is O=C(CCCCCN1CCN(c2cccc(C(F)(F)F)c2)CC1)N1Cc2ccc(OCCN3CCCCC3)cc2C1. The van der Waals surface area contributed by atoms with E-state index in [-0.39, 0.29) is 5.91 Å². The molecule has 0 aliphatic carbocycles. The summed E-state index contributed by atoms with van der Waals surface area (Å²) in [6.45, 7) is 9.44. The van der Waals surface area contributed by atoms with Crippen LogP contribution in [0.25, 0.3) is 0 Å². The molecule has 6 nitrogen and oxygen atoms in total. The first-order chi connectivity index (χ1) is 19.8. The minimum Gasteiger partial charge on any atom is -0.492 e. The van der Waals surface area contributed by atoms with Crippen LogP contribution in [-0.2, 0) is 24.1 Å². The van der Waals surface area contributed by atoms with Gasteiger partial charge in [0, 0.05) is 57.9 Å². The van der Waals surface area contributed by atoms with Crippen LogP contribution in [0.15, 0.2) is 42.5 Å². The molecule has 0 bridgehead atoms. The number of amides is 1. The van der Waals surface area contributed by atoms with Crippen molar-refractivity contribution in [2.75, 3.05) is 63.9 Å². The minimum absolute atomic E-state index is 0.212. The number of fused-ring (bicyclic) bond motifs is 1. The van der Waals surface area contributed by atoms with Gasteiger partial charge in [0.1, 0.15) is 12.4 Å². The second-order valence-corrected chi connectivity index (χ2v) is 11.6.